The fraction of sp³-hybridized carbons (Fsp3) is 0.462. The second-order valence-corrected chi connectivity index (χ2v) is 4.96. The molecule has 6 nitrogen and oxygen atoms in total. The molecule has 6 heteroatoms. The number of piperidine rings is 1. The quantitative estimate of drug-likeness (QED) is 0.670. The highest BCUT2D eigenvalue weighted by molar-refractivity contribution is 5.89. The molecule has 0 saturated carbocycles. The number of hydrogen-bond acceptors (Lipinski definition) is 4. The highest BCUT2D eigenvalue weighted by Crippen LogP contribution is 2.32. The first-order valence-corrected chi connectivity index (χ1v) is 6.25. The summed E-state index contributed by atoms with van der Waals surface area (Å²) in [5, 5.41) is 20.0. The summed E-state index contributed by atoms with van der Waals surface area (Å²) in [6, 6.07) is 4.10. The Morgan fingerprint density at radius 2 is 2.26 bits per heavy atom. The van der Waals surface area contributed by atoms with Crippen LogP contribution in [0.15, 0.2) is 18.2 Å². The largest absolute Gasteiger partial charge is 0.478 e. The van der Waals surface area contributed by atoms with Crippen molar-refractivity contribution in [1.82, 2.24) is 0 Å². The number of hydrogen-bond donors (Lipinski definition) is 1. The molecule has 1 aromatic rings. The van der Waals surface area contributed by atoms with Crippen LogP contribution >= 0.6 is 0 Å². The molecule has 0 amide bonds. The molecule has 1 aromatic carbocycles. The maximum atomic E-state index is 11.1. The number of nitrogens with zero attached hydrogens (tertiary/aromatic N) is 2. The molecule has 19 heavy (non-hydrogen) atoms. The van der Waals surface area contributed by atoms with Gasteiger partial charge in [0.15, 0.2) is 0 Å². The van der Waals surface area contributed by atoms with Crippen LogP contribution in [0.25, 0.3) is 0 Å². The molecule has 102 valence electrons. The molecule has 0 radical (unpaired) electrons. The highest BCUT2D eigenvalue weighted by Gasteiger charge is 2.24. The summed E-state index contributed by atoms with van der Waals surface area (Å²) in [5.41, 5.74) is 0.330. The number of anilines is 1. The van der Waals surface area contributed by atoms with Gasteiger partial charge in [-0.15, -0.1) is 0 Å². The molecule has 1 N–H and O–H groups in total. The molecule has 0 unspecified atom stereocenters. The Morgan fingerprint density at radius 1 is 1.53 bits per heavy atom. The van der Waals surface area contributed by atoms with Crippen LogP contribution in [0.2, 0.25) is 0 Å². The lowest BCUT2D eigenvalue weighted by atomic mass is 9.99. The molecule has 1 heterocycles. The summed E-state index contributed by atoms with van der Waals surface area (Å²) in [4.78, 5) is 23.4. The fourth-order valence-electron chi connectivity index (χ4n) is 2.48. The maximum absolute atomic E-state index is 11.1. The Morgan fingerprint density at radius 3 is 2.84 bits per heavy atom. The zero-order valence-corrected chi connectivity index (χ0v) is 10.7. The minimum Gasteiger partial charge on any atom is -0.478 e. The van der Waals surface area contributed by atoms with Gasteiger partial charge >= 0.3 is 5.97 Å². The SMILES string of the molecule is C[C@@H]1CCCN(c2ccc(C(=O)O)cc2[N+](=O)[O-])C1. The second-order valence-electron chi connectivity index (χ2n) is 4.96. The van der Waals surface area contributed by atoms with Crippen molar-refractivity contribution in [1.29, 1.82) is 0 Å². The van der Waals surface area contributed by atoms with Gasteiger partial charge in [0.05, 0.1) is 10.5 Å². The Labute approximate surface area is 110 Å². The Bertz CT molecular complexity index is 515. The van der Waals surface area contributed by atoms with Crippen molar-refractivity contribution in [2.75, 3.05) is 18.0 Å². The van der Waals surface area contributed by atoms with Crippen molar-refractivity contribution < 1.29 is 14.8 Å². The molecular formula is C13H16N2O4. The minimum absolute atomic E-state index is 0.0551. The maximum Gasteiger partial charge on any atom is 0.335 e. The van der Waals surface area contributed by atoms with E-state index in [0.717, 1.165) is 32.0 Å². The van der Waals surface area contributed by atoms with Gasteiger partial charge < -0.3 is 10.0 Å². The summed E-state index contributed by atoms with van der Waals surface area (Å²) < 4.78 is 0. The lowest BCUT2D eigenvalue weighted by molar-refractivity contribution is -0.384. The number of carbonyl (C=O) groups is 1. The van der Waals surface area contributed by atoms with E-state index in [1.807, 2.05) is 4.90 Å². The van der Waals surface area contributed by atoms with Crippen molar-refractivity contribution in [2.45, 2.75) is 19.8 Å². The van der Waals surface area contributed by atoms with Crippen molar-refractivity contribution >= 4 is 17.3 Å². The van der Waals surface area contributed by atoms with E-state index in [1.54, 1.807) is 6.07 Å². The predicted molar refractivity (Wildman–Crippen MR) is 70.7 cm³/mol. The summed E-state index contributed by atoms with van der Waals surface area (Å²) in [6.07, 6.45) is 2.12. The third-order valence-corrected chi connectivity index (χ3v) is 3.42. The summed E-state index contributed by atoms with van der Waals surface area (Å²) in [7, 11) is 0. The number of benzene rings is 1. The number of carboxylic acid groups (broad SMARTS) is 1. The van der Waals surface area contributed by atoms with E-state index in [2.05, 4.69) is 6.92 Å². The van der Waals surface area contributed by atoms with E-state index < -0.39 is 10.9 Å². The molecule has 1 fully saturated rings. The van der Waals surface area contributed by atoms with Gasteiger partial charge in [-0.25, -0.2) is 4.79 Å². The van der Waals surface area contributed by atoms with Crippen LogP contribution in [0.5, 0.6) is 0 Å². The third-order valence-electron chi connectivity index (χ3n) is 3.42. The summed E-state index contributed by atoms with van der Waals surface area (Å²) >= 11 is 0. The monoisotopic (exact) mass is 264 g/mol. The molecule has 1 atom stereocenters. The predicted octanol–water partition coefficient (Wildman–Crippen LogP) is 2.53. The number of nitro groups is 1. The first kappa shape index (κ1) is 13.3. The van der Waals surface area contributed by atoms with Crippen LogP contribution in [-0.2, 0) is 0 Å². The zero-order valence-electron chi connectivity index (χ0n) is 10.7. The summed E-state index contributed by atoms with van der Waals surface area (Å²) in [6.45, 7) is 3.66. The highest BCUT2D eigenvalue weighted by atomic mass is 16.6. The lowest BCUT2D eigenvalue weighted by Crippen LogP contribution is -2.34. The average molecular weight is 264 g/mol. The van der Waals surface area contributed by atoms with Gasteiger partial charge in [-0.3, -0.25) is 10.1 Å². The van der Waals surface area contributed by atoms with Gasteiger partial charge in [0.2, 0.25) is 0 Å². The van der Waals surface area contributed by atoms with E-state index in [-0.39, 0.29) is 11.3 Å². The first-order chi connectivity index (χ1) is 8.99. The van der Waals surface area contributed by atoms with Gasteiger partial charge in [-0.05, 0) is 30.9 Å². The van der Waals surface area contributed by atoms with Gasteiger partial charge in [-0.2, -0.15) is 0 Å². The fourth-order valence-corrected chi connectivity index (χ4v) is 2.48. The number of carboxylic acids is 1. The van der Waals surface area contributed by atoms with Crippen molar-refractivity contribution in [3.8, 4) is 0 Å². The van der Waals surface area contributed by atoms with Gasteiger partial charge in [0.1, 0.15) is 5.69 Å². The Balaban J connectivity index is 2.38. The average Bonchev–Trinajstić information content (AvgIpc) is 2.37. The Hall–Kier alpha value is -2.11. The van der Waals surface area contributed by atoms with Crippen molar-refractivity contribution in [3.05, 3.63) is 33.9 Å². The van der Waals surface area contributed by atoms with Gasteiger partial charge in [0, 0.05) is 19.2 Å². The third kappa shape index (κ3) is 2.83. The topological polar surface area (TPSA) is 83.7 Å². The number of aromatic carboxylic acids is 1. The van der Waals surface area contributed by atoms with E-state index in [9.17, 15) is 14.9 Å². The second kappa shape index (κ2) is 5.26. The van der Waals surface area contributed by atoms with Crippen molar-refractivity contribution in [2.24, 2.45) is 5.92 Å². The Kier molecular flexibility index (Phi) is 3.69. The molecule has 0 aliphatic carbocycles. The van der Waals surface area contributed by atoms with Gasteiger partial charge in [-0.1, -0.05) is 6.92 Å². The molecule has 0 spiro atoms. The van der Waals surface area contributed by atoms with E-state index >= 15 is 0 Å². The molecular weight excluding hydrogens is 248 g/mol. The lowest BCUT2D eigenvalue weighted by Gasteiger charge is -2.32. The zero-order chi connectivity index (χ0) is 14.0. The van der Waals surface area contributed by atoms with E-state index in [0.29, 0.717) is 11.6 Å². The van der Waals surface area contributed by atoms with Crippen molar-refractivity contribution in [3.63, 3.8) is 0 Å². The number of rotatable bonds is 3. The van der Waals surface area contributed by atoms with E-state index in [4.69, 9.17) is 5.11 Å². The van der Waals surface area contributed by atoms with Crippen LogP contribution in [-0.4, -0.2) is 29.1 Å². The van der Waals surface area contributed by atoms with Crippen LogP contribution in [0.4, 0.5) is 11.4 Å². The van der Waals surface area contributed by atoms with Crippen LogP contribution in [0, 0.1) is 16.0 Å². The molecule has 1 aliphatic rings. The van der Waals surface area contributed by atoms with Gasteiger partial charge in [0.25, 0.3) is 5.69 Å². The minimum atomic E-state index is -1.15. The van der Waals surface area contributed by atoms with Crippen LogP contribution in [0.3, 0.4) is 0 Å². The smallest absolute Gasteiger partial charge is 0.335 e. The van der Waals surface area contributed by atoms with Crippen LogP contribution in [0.1, 0.15) is 30.1 Å². The molecule has 2 rings (SSSR count). The number of nitro benzene ring substituents is 1. The molecule has 1 saturated heterocycles. The molecule has 0 aromatic heterocycles. The van der Waals surface area contributed by atoms with E-state index in [1.165, 1.54) is 6.07 Å². The normalized spacial score (nSPS) is 19.2. The molecule has 0 bridgehead atoms. The standard InChI is InChI=1S/C13H16N2O4/c1-9-3-2-6-14(8-9)11-5-4-10(13(16)17)7-12(11)15(18)19/h4-5,7,9H,2-3,6,8H2,1H3,(H,16,17)/t9-/m1/s1. The summed E-state index contributed by atoms with van der Waals surface area (Å²) in [5.74, 6) is -0.658. The first-order valence-electron chi connectivity index (χ1n) is 6.25. The van der Waals surface area contributed by atoms with Crippen LogP contribution < -0.4 is 4.90 Å². The molecule has 1 aliphatic heterocycles.